The Bertz CT molecular complexity index is 683. The second-order valence-corrected chi connectivity index (χ2v) is 6.14. The molecular weight excluding hydrogens is 389 g/mol. The van der Waals surface area contributed by atoms with Crippen LogP contribution in [0.15, 0.2) is 60.7 Å². The zero-order chi connectivity index (χ0) is 16.1. The average Bonchev–Trinajstić information content (AvgIpc) is 2.53. The summed E-state index contributed by atoms with van der Waals surface area (Å²) in [6, 6.07) is 15.6. The van der Waals surface area contributed by atoms with Crippen LogP contribution in [0.25, 0.3) is 0 Å². The molecule has 2 rings (SSSR count). The van der Waals surface area contributed by atoms with Gasteiger partial charge in [0.05, 0.1) is 19.3 Å². The molecule has 0 saturated heterocycles. The van der Waals surface area contributed by atoms with Crippen molar-refractivity contribution in [2.75, 3.05) is 12.0 Å². The third-order valence-corrected chi connectivity index (χ3v) is 4.10. The lowest BCUT2D eigenvalue weighted by Gasteiger charge is -2.24. The SMILES string of the molecule is C=C(C)C(=O)N(Cc1ccccc1)c1ccc(OC)cc1I. The molecule has 0 N–H and O–H groups in total. The Morgan fingerprint density at radius 3 is 2.45 bits per heavy atom. The molecular formula is C18H18INO2. The topological polar surface area (TPSA) is 29.5 Å². The van der Waals surface area contributed by atoms with Crippen molar-refractivity contribution >= 4 is 34.2 Å². The Morgan fingerprint density at radius 2 is 1.91 bits per heavy atom. The zero-order valence-corrected chi connectivity index (χ0v) is 14.8. The van der Waals surface area contributed by atoms with Crippen LogP contribution in [0.5, 0.6) is 5.75 Å². The van der Waals surface area contributed by atoms with E-state index >= 15 is 0 Å². The number of amides is 1. The minimum Gasteiger partial charge on any atom is -0.497 e. The number of methoxy groups -OCH3 is 1. The van der Waals surface area contributed by atoms with Gasteiger partial charge in [-0.25, -0.2) is 0 Å². The molecule has 2 aromatic carbocycles. The largest absolute Gasteiger partial charge is 0.497 e. The summed E-state index contributed by atoms with van der Waals surface area (Å²) in [4.78, 5) is 14.3. The molecule has 0 aliphatic heterocycles. The van der Waals surface area contributed by atoms with Crippen LogP contribution in [0, 0.1) is 3.57 Å². The Kier molecular flexibility index (Phi) is 5.60. The highest BCUT2D eigenvalue weighted by Crippen LogP contribution is 2.29. The fourth-order valence-corrected chi connectivity index (χ4v) is 2.87. The second-order valence-electron chi connectivity index (χ2n) is 4.97. The summed E-state index contributed by atoms with van der Waals surface area (Å²) < 4.78 is 6.19. The van der Waals surface area contributed by atoms with Gasteiger partial charge in [-0.05, 0) is 53.3 Å². The Morgan fingerprint density at radius 1 is 1.23 bits per heavy atom. The van der Waals surface area contributed by atoms with Gasteiger partial charge in [0.15, 0.2) is 0 Å². The van der Waals surface area contributed by atoms with Crippen LogP contribution in [0.2, 0.25) is 0 Å². The van der Waals surface area contributed by atoms with Crippen LogP contribution in [-0.4, -0.2) is 13.0 Å². The number of rotatable bonds is 5. The molecule has 0 aliphatic carbocycles. The van der Waals surface area contributed by atoms with Crippen LogP contribution < -0.4 is 9.64 Å². The highest BCUT2D eigenvalue weighted by Gasteiger charge is 2.19. The fraction of sp³-hybridized carbons (Fsp3) is 0.167. The number of halogens is 1. The Hall–Kier alpha value is -1.82. The molecule has 0 saturated carbocycles. The first kappa shape index (κ1) is 16.5. The molecule has 0 spiro atoms. The molecule has 0 unspecified atom stereocenters. The number of nitrogens with zero attached hydrogens (tertiary/aromatic N) is 1. The van der Waals surface area contributed by atoms with Crippen LogP contribution >= 0.6 is 22.6 Å². The Labute approximate surface area is 144 Å². The smallest absolute Gasteiger partial charge is 0.253 e. The number of benzene rings is 2. The Balaban J connectivity index is 2.40. The second kappa shape index (κ2) is 7.45. The number of hydrogen-bond donors (Lipinski definition) is 0. The van der Waals surface area contributed by atoms with E-state index in [-0.39, 0.29) is 5.91 Å². The average molecular weight is 407 g/mol. The zero-order valence-electron chi connectivity index (χ0n) is 12.7. The van der Waals surface area contributed by atoms with Crippen LogP contribution in [0.1, 0.15) is 12.5 Å². The van der Waals surface area contributed by atoms with Crippen molar-refractivity contribution in [2.45, 2.75) is 13.5 Å². The summed E-state index contributed by atoms with van der Waals surface area (Å²) in [7, 11) is 1.63. The van der Waals surface area contributed by atoms with Crippen molar-refractivity contribution < 1.29 is 9.53 Å². The number of anilines is 1. The van der Waals surface area contributed by atoms with E-state index in [1.807, 2.05) is 48.5 Å². The molecule has 114 valence electrons. The first-order valence-corrected chi connectivity index (χ1v) is 7.95. The van der Waals surface area contributed by atoms with E-state index in [0.717, 1.165) is 20.6 Å². The van der Waals surface area contributed by atoms with Gasteiger partial charge in [0.2, 0.25) is 0 Å². The van der Waals surface area contributed by atoms with Crippen molar-refractivity contribution in [1.29, 1.82) is 0 Å². The van der Waals surface area contributed by atoms with E-state index in [9.17, 15) is 4.79 Å². The van der Waals surface area contributed by atoms with Gasteiger partial charge in [0.25, 0.3) is 5.91 Å². The summed E-state index contributed by atoms with van der Waals surface area (Å²) in [6.45, 7) is 6.03. The molecule has 2 aromatic rings. The van der Waals surface area contributed by atoms with Crippen molar-refractivity contribution in [3.63, 3.8) is 0 Å². The number of ether oxygens (including phenoxy) is 1. The molecule has 4 heteroatoms. The molecule has 0 atom stereocenters. The lowest BCUT2D eigenvalue weighted by Crippen LogP contribution is -2.31. The molecule has 22 heavy (non-hydrogen) atoms. The van der Waals surface area contributed by atoms with Crippen molar-refractivity contribution in [1.82, 2.24) is 0 Å². The predicted molar refractivity (Wildman–Crippen MR) is 98.2 cm³/mol. The molecule has 0 aromatic heterocycles. The fourth-order valence-electron chi connectivity index (χ4n) is 2.10. The minimum absolute atomic E-state index is 0.0769. The van der Waals surface area contributed by atoms with Crippen LogP contribution in [0.3, 0.4) is 0 Å². The van der Waals surface area contributed by atoms with Crippen molar-refractivity contribution in [2.24, 2.45) is 0 Å². The maximum absolute atomic E-state index is 12.5. The number of carbonyl (C=O) groups is 1. The molecule has 0 aliphatic rings. The van der Waals surface area contributed by atoms with E-state index in [0.29, 0.717) is 12.1 Å². The van der Waals surface area contributed by atoms with Crippen molar-refractivity contribution in [3.8, 4) is 5.75 Å². The first-order chi connectivity index (χ1) is 10.5. The number of carbonyl (C=O) groups excluding carboxylic acids is 1. The predicted octanol–water partition coefficient (Wildman–Crippen LogP) is 4.41. The van der Waals surface area contributed by atoms with Gasteiger partial charge in [-0.1, -0.05) is 36.9 Å². The highest BCUT2D eigenvalue weighted by atomic mass is 127. The molecule has 0 heterocycles. The molecule has 3 nitrogen and oxygen atoms in total. The quantitative estimate of drug-likeness (QED) is 0.543. The maximum Gasteiger partial charge on any atom is 0.253 e. The van der Waals surface area contributed by atoms with Crippen molar-refractivity contribution in [3.05, 3.63) is 69.8 Å². The summed E-state index contributed by atoms with van der Waals surface area (Å²) in [5, 5.41) is 0. The minimum atomic E-state index is -0.0769. The van der Waals surface area contributed by atoms with Gasteiger partial charge >= 0.3 is 0 Å². The van der Waals surface area contributed by atoms with Gasteiger partial charge in [-0.2, -0.15) is 0 Å². The van der Waals surface area contributed by atoms with Gasteiger partial charge in [0.1, 0.15) is 5.75 Å². The standard InChI is InChI=1S/C18H18INO2/c1-13(2)18(21)20(12-14-7-5-4-6-8-14)17-10-9-15(22-3)11-16(17)19/h4-11H,1,12H2,2-3H3. The number of hydrogen-bond acceptors (Lipinski definition) is 2. The molecule has 0 radical (unpaired) electrons. The van der Waals surface area contributed by atoms with E-state index in [4.69, 9.17) is 4.74 Å². The van der Waals surface area contributed by atoms with E-state index in [1.54, 1.807) is 18.9 Å². The lowest BCUT2D eigenvalue weighted by molar-refractivity contribution is -0.115. The summed E-state index contributed by atoms with van der Waals surface area (Å²) >= 11 is 2.22. The highest BCUT2D eigenvalue weighted by molar-refractivity contribution is 14.1. The molecule has 0 bridgehead atoms. The van der Waals surface area contributed by atoms with Crippen LogP contribution in [-0.2, 0) is 11.3 Å². The lowest BCUT2D eigenvalue weighted by atomic mass is 10.1. The summed E-state index contributed by atoms with van der Waals surface area (Å²) in [6.07, 6.45) is 0. The third-order valence-electron chi connectivity index (χ3n) is 3.24. The maximum atomic E-state index is 12.5. The molecule has 1 amide bonds. The summed E-state index contributed by atoms with van der Waals surface area (Å²) in [5.41, 5.74) is 2.45. The normalized spacial score (nSPS) is 10.1. The van der Waals surface area contributed by atoms with E-state index in [1.165, 1.54) is 0 Å². The van der Waals surface area contributed by atoms with Crippen LogP contribution in [0.4, 0.5) is 5.69 Å². The first-order valence-electron chi connectivity index (χ1n) is 6.87. The van der Waals surface area contributed by atoms with Gasteiger partial charge in [-0.3, -0.25) is 4.79 Å². The third kappa shape index (κ3) is 3.88. The van der Waals surface area contributed by atoms with Gasteiger partial charge < -0.3 is 9.64 Å². The van der Waals surface area contributed by atoms with E-state index in [2.05, 4.69) is 29.2 Å². The van der Waals surface area contributed by atoms with E-state index < -0.39 is 0 Å². The molecule has 0 fully saturated rings. The summed E-state index contributed by atoms with van der Waals surface area (Å²) in [5.74, 6) is 0.697. The van der Waals surface area contributed by atoms with Gasteiger partial charge in [-0.15, -0.1) is 0 Å². The van der Waals surface area contributed by atoms with Gasteiger partial charge in [0, 0.05) is 9.14 Å². The monoisotopic (exact) mass is 407 g/mol.